The molecule has 1 aromatic heterocycles. The number of benzene rings is 2. The Morgan fingerprint density at radius 3 is 2.32 bits per heavy atom. The lowest BCUT2D eigenvalue weighted by molar-refractivity contribution is -0.138. The average molecular weight is 481 g/mol. The molecule has 0 aliphatic heterocycles. The van der Waals surface area contributed by atoms with E-state index >= 15 is 0 Å². The van der Waals surface area contributed by atoms with Crippen molar-refractivity contribution in [3.05, 3.63) is 77.7 Å². The van der Waals surface area contributed by atoms with Gasteiger partial charge in [-0.2, -0.15) is 0 Å². The van der Waals surface area contributed by atoms with E-state index in [0.717, 1.165) is 5.56 Å². The number of aliphatic hydroxyl groups is 1. The zero-order chi connectivity index (χ0) is 24.9. The number of carboxylic acid groups (broad SMARTS) is 1. The number of hydrogen-bond acceptors (Lipinski definition) is 4. The van der Waals surface area contributed by atoms with Gasteiger partial charge in [0.2, 0.25) is 0 Å². The van der Waals surface area contributed by atoms with Crippen LogP contribution in [0.1, 0.15) is 37.4 Å². The van der Waals surface area contributed by atoms with E-state index < -0.39 is 37.8 Å². The largest absolute Gasteiger partial charge is 0.481 e. The summed E-state index contributed by atoms with van der Waals surface area (Å²) in [7, 11) is -4.17. The predicted octanol–water partition coefficient (Wildman–Crippen LogP) is 5.09. The molecule has 3 rings (SSSR count). The van der Waals surface area contributed by atoms with Crippen molar-refractivity contribution in [3.8, 4) is 34.0 Å². The van der Waals surface area contributed by atoms with Crippen LogP contribution in [0.4, 0.5) is 4.39 Å². The molecule has 3 aromatic rings. The molecule has 0 aliphatic rings. The second kappa shape index (κ2) is 10.8. The minimum Gasteiger partial charge on any atom is -0.481 e. The maximum Gasteiger partial charge on any atom is 0.305 e. The van der Waals surface area contributed by atoms with Gasteiger partial charge in [-0.1, -0.05) is 62.2 Å². The van der Waals surface area contributed by atoms with E-state index in [-0.39, 0.29) is 5.92 Å². The summed E-state index contributed by atoms with van der Waals surface area (Å²) in [4.78, 5) is 25.8. The highest BCUT2D eigenvalue weighted by atomic mass is 31.2. The first kappa shape index (κ1) is 25.3. The predicted molar refractivity (Wildman–Crippen MR) is 129 cm³/mol. The van der Waals surface area contributed by atoms with Gasteiger partial charge in [-0.25, -0.2) is 4.39 Å². The number of pyridine rings is 1. The summed E-state index contributed by atoms with van der Waals surface area (Å²) >= 11 is 0. The summed E-state index contributed by atoms with van der Waals surface area (Å²) in [5.41, 5.74) is 6.20. The van der Waals surface area contributed by atoms with Crippen molar-refractivity contribution in [2.45, 2.75) is 32.3 Å². The molecule has 0 radical (unpaired) electrons. The van der Waals surface area contributed by atoms with Crippen molar-refractivity contribution in [1.29, 1.82) is 0 Å². The first-order valence-electron chi connectivity index (χ1n) is 10.7. The van der Waals surface area contributed by atoms with Crippen LogP contribution in [-0.2, 0) is 9.36 Å². The molecular formula is C26H25FNO5P. The molecule has 2 aromatic carbocycles. The second-order valence-corrected chi connectivity index (χ2v) is 10.2. The van der Waals surface area contributed by atoms with Crippen molar-refractivity contribution in [3.63, 3.8) is 0 Å². The fourth-order valence-corrected chi connectivity index (χ4v) is 4.55. The maximum atomic E-state index is 13.6. The Kier molecular flexibility index (Phi) is 8.01. The van der Waals surface area contributed by atoms with Crippen LogP contribution < -0.4 is 0 Å². The number of aliphatic hydroxyl groups excluding tert-OH is 1. The molecule has 0 bridgehead atoms. The molecule has 34 heavy (non-hydrogen) atoms. The Labute approximate surface area is 197 Å². The molecule has 0 spiro atoms. The van der Waals surface area contributed by atoms with E-state index in [4.69, 9.17) is 10.1 Å². The van der Waals surface area contributed by atoms with E-state index in [0.29, 0.717) is 28.1 Å². The van der Waals surface area contributed by atoms with Crippen molar-refractivity contribution in [2.24, 2.45) is 0 Å². The van der Waals surface area contributed by atoms with Gasteiger partial charge in [0.15, 0.2) is 0 Å². The van der Waals surface area contributed by atoms with Gasteiger partial charge < -0.3 is 15.1 Å². The third-order valence-electron chi connectivity index (χ3n) is 5.04. The normalized spacial score (nSPS) is 13.6. The zero-order valence-electron chi connectivity index (χ0n) is 18.8. The highest BCUT2D eigenvalue weighted by Crippen LogP contribution is 2.41. The third kappa shape index (κ3) is 6.61. The van der Waals surface area contributed by atoms with Gasteiger partial charge in [0, 0.05) is 11.1 Å². The van der Waals surface area contributed by atoms with E-state index in [2.05, 4.69) is 11.6 Å². The molecule has 0 amide bonds. The number of aromatic nitrogens is 1. The summed E-state index contributed by atoms with van der Waals surface area (Å²) in [5.74, 6) is 1.01. The lowest BCUT2D eigenvalue weighted by atomic mass is 9.93. The number of nitrogens with zero attached hydrogens (tertiary/aromatic N) is 1. The van der Waals surface area contributed by atoms with Crippen LogP contribution in [0, 0.1) is 17.4 Å². The minimum atomic E-state index is -4.17. The second-order valence-electron chi connectivity index (χ2n) is 8.22. The summed E-state index contributed by atoms with van der Waals surface area (Å²) in [6, 6.07) is 17.2. The number of rotatable bonds is 7. The monoisotopic (exact) mass is 481 g/mol. The van der Waals surface area contributed by atoms with E-state index in [1.54, 1.807) is 18.2 Å². The van der Waals surface area contributed by atoms with Gasteiger partial charge in [-0.05, 0) is 35.3 Å². The van der Waals surface area contributed by atoms with Crippen LogP contribution in [0.5, 0.6) is 0 Å². The Morgan fingerprint density at radius 2 is 1.74 bits per heavy atom. The van der Waals surface area contributed by atoms with Gasteiger partial charge in [0.1, 0.15) is 5.82 Å². The molecule has 0 saturated heterocycles. The smallest absolute Gasteiger partial charge is 0.305 e. The summed E-state index contributed by atoms with van der Waals surface area (Å²) in [6.07, 6.45) is -2.81. The van der Waals surface area contributed by atoms with Crippen molar-refractivity contribution in [2.75, 3.05) is 6.16 Å². The number of carboxylic acids is 1. The molecule has 2 atom stereocenters. The Balaban J connectivity index is 2.17. The molecule has 0 saturated carbocycles. The first-order valence-corrected chi connectivity index (χ1v) is 12.5. The Morgan fingerprint density at radius 1 is 1.09 bits per heavy atom. The Hall–Kier alpha value is -3.30. The topological polar surface area (TPSA) is 108 Å². The van der Waals surface area contributed by atoms with Crippen LogP contribution in [0.25, 0.3) is 22.4 Å². The zero-order valence-corrected chi connectivity index (χ0v) is 19.7. The lowest BCUT2D eigenvalue weighted by Crippen LogP contribution is -2.17. The molecule has 1 heterocycles. The average Bonchev–Trinajstić information content (AvgIpc) is 2.77. The van der Waals surface area contributed by atoms with Gasteiger partial charge >= 0.3 is 5.97 Å². The van der Waals surface area contributed by atoms with Crippen LogP contribution in [-0.4, -0.2) is 38.3 Å². The lowest BCUT2D eigenvalue weighted by Gasteiger charge is -2.16. The molecule has 0 fully saturated rings. The standard InChI is InChI=1S/C26H25FNO5P/c1-17(2)26-22(12-13-34(32,33)16-21(29)14-25(30)31)23(18-8-10-20(27)11-9-18)15-24(28-26)19-6-4-3-5-7-19/h3-11,15,17,21,29H,14,16H2,1-2H3,(H,30,31)(H,32,33). The van der Waals surface area contributed by atoms with Gasteiger partial charge in [0.05, 0.1) is 35.6 Å². The van der Waals surface area contributed by atoms with E-state index in [1.807, 2.05) is 44.2 Å². The van der Waals surface area contributed by atoms with Crippen molar-refractivity contribution in [1.82, 2.24) is 4.98 Å². The molecule has 2 unspecified atom stereocenters. The fourth-order valence-electron chi connectivity index (χ4n) is 3.47. The first-order chi connectivity index (χ1) is 16.1. The van der Waals surface area contributed by atoms with Crippen LogP contribution in [0.3, 0.4) is 0 Å². The third-order valence-corrected chi connectivity index (χ3v) is 6.42. The number of halogens is 1. The molecule has 3 N–H and O–H groups in total. The quantitative estimate of drug-likeness (QED) is 0.320. The molecule has 8 heteroatoms. The van der Waals surface area contributed by atoms with Crippen LogP contribution >= 0.6 is 7.37 Å². The molecule has 0 aliphatic carbocycles. The SMILES string of the molecule is CC(C)c1nc(-c2ccccc2)cc(-c2ccc(F)cc2)c1C#CP(=O)(O)CC(O)CC(=O)O. The minimum absolute atomic E-state index is 0.0946. The van der Waals surface area contributed by atoms with Gasteiger partial charge in [0.25, 0.3) is 7.37 Å². The van der Waals surface area contributed by atoms with E-state index in [9.17, 15) is 23.7 Å². The highest BCUT2D eigenvalue weighted by molar-refractivity contribution is 7.63. The Bertz CT molecular complexity index is 1280. The molecule has 6 nitrogen and oxygen atoms in total. The van der Waals surface area contributed by atoms with Crippen molar-refractivity contribution < 1.29 is 28.9 Å². The van der Waals surface area contributed by atoms with Gasteiger partial charge in [-0.3, -0.25) is 14.3 Å². The van der Waals surface area contributed by atoms with Crippen LogP contribution in [0.2, 0.25) is 0 Å². The van der Waals surface area contributed by atoms with Gasteiger partial charge in [-0.15, -0.1) is 0 Å². The molecule has 176 valence electrons. The maximum absolute atomic E-state index is 13.6. The number of aliphatic carboxylic acids is 1. The highest BCUT2D eigenvalue weighted by Gasteiger charge is 2.23. The van der Waals surface area contributed by atoms with E-state index in [1.165, 1.54) is 12.1 Å². The summed E-state index contributed by atoms with van der Waals surface area (Å²) in [5, 5.41) is 18.6. The molecular weight excluding hydrogens is 456 g/mol. The number of carbonyl (C=O) groups is 1. The fraction of sp³-hybridized carbons (Fsp3) is 0.231. The van der Waals surface area contributed by atoms with Crippen molar-refractivity contribution >= 4 is 13.3 Å². The summed E-state index contributed by atoms with van der Waals surface area (Å²) < 4.78 is 26.2. The van der Waals surface area contributed by atoms with Crippen LogP contribution in [0.15, 0.2) is 60.7 Å². The number of hydrogen-bond donors (Lipinski definition) is 3. The summed E-state index contributed by atoms with van der Waals surface area (Å²) in [6.45, 7) is 3.84.